The van der Waals surface area contributed by atoms with E-state index in [9.17, 15) is 4.79 Å². The van der Waals surface area contributed by atoms with Crippen molar-refractivity contribution in [3.8, 4) is 6.07 Å². The molecule has 0 unspecified atom stereocenters. The van der Waals surface area contributed by atoms with Crippen molar-refractivity contribution in [2.45, 2.75) is 64.8 Å². The van der Waals surface area contributed by atoms with E-state index in [1.54, 1.807) is 0 Å². The second-order valence-corrected chi connectivity index (χ2v) is 7.39. The van der Waals surface area contributed by atoms with E-state index < -0.39 is 5.54 Å². The second-order valence-electron chi connectivity index (χ2n) is 7.39. The maximum atomic E-state index is 12.3. The van der Waals surface area contributed by atoms with Crippen LogP contribution in [0, 0.1) is 16.7 Å². The Morgan fingerprint density at radius 3 is 2.64 bits per heavy atom. The molecule has 0 spiro atoms. The number of nitrogens with one attached hydrogen (secondary N) is 1. The van der Waals surface area contributed by atoms with Gasteiger partial charge in [-0.3, -0.25) is 4.79 Å². The van der Waals surface area contributed by atoms with Crippen molar-refractivity contribution < 1.29 is 4.79 Å². The molecule has 1 aliphatic heterocycles. The molecule has 4 heteroatoms. The second kappa shape index (κ2) is 6.56. The number of amides is 1. The quantitative estimate of drug-likeness (QED) is 0.865. The Kier molecular flexibility index (Phi) is 4.95. The van der Waals surface area contributed by atoms with Gasteiger partial charge in [0.05, 0.1) is 6.07 Å². The minimum Gasteiger partial charge on any atom is -0.356 e. The summed E-state index contributed by atoms with van der Waals surface area (Å²) in [7, 11) is 0. The molecular weight excluding hydrogens is 274 g/mol. The molecule has 0 radical (unpaired) electrons. The molecule has 0 aromatic carbocycles. The van der Waals surface area contributed by atoms with E-state index in [0.29, 0.717) is 13.0 Å². The van der Waals surface area contributed by atoms with Gasteiger partial charge >= 0.3 is 0 Å². The number of rotatable bonds is 4. The van der Waals surface area contributed by atoms with Gasteiger partial charge in [0, 0.05) is 24.9 Å². The van der Waals surface area contributed by atoms with Crippen LogP contribution < -0.4 is 5.32 Å². The highest BCUT2D eigenvalue weighted by molar-refractivity contribution is 5.79. The van der Waals surface area contributed by atoms with Gasteiger partial charge in [0.15, 0.2) is 0 Å². The van der Waals surface area contributed by atoms with Gasteiger partial charge < -0.3 is 10.2 Å². The van der Waals surface area contributed by atoms with Gasteiger partial charge in [0.2, 0.25) is 5.91 Å². The molecule has 1 heterocycles. The monoisotopic (exact) mass is 301 g/mol. The van der Waals surface area contributed by atoms with Crippen LogP contribution in [0.5, 0.6) is 0 Å². The van der Waals surface area contributed by atoms with Crippen LogP contribution >= 0.6 is 0 Å². The third kappa shape index (κ3) is 4.13. The molecule has 0 atom stereocenters. The smallest absolute Gasteiger partial charge is 0.224 e. The largest absolute Gasteiger partial charge is 0.356 e. The normalized spacial score (nSPS) is 21.0. The fraction of sp³-hybridized carbons (Fsp3) is 0.667. The zero-order valence-corrected chi connectivity index (χ0v) is 14.0. The van der Waals surface area contributed by atoms with Crippen molar-refractivity contribution in [1.29, 1.82) is 5.26 Å². The van der Waals surface area contributed by atoms with Crippen molar-refractivity contribution in [2.24, 2.45) is 5.41 Å². The first-order valence-electron chi connectivity index (χ1n) is 8.21. The predicted molar refractivity (Wildman–Crippen MR) is 87.6 cm³/mol. The summed E-state index contributed by atoms with van der Waals surface area (Å²) in [5.74, 6) is 0.105. The molecule has 0 bridgehead atoms. The summed E-state index contributed by atoms with van der Waals surface area (Å²) in [5.41, 5.74) is 0.475. The molecule has 22 heavy (non-hydrogen) atoms. The van der Waals surface area contributed by atoms with E-state index in [-0.39, 0.29) is 11.3 Å². The molecular formula is C18H27N3O. The van der Waals surface area contributed by atoms with E-state index in [1.165, 1.54) is 19.3 Å². The lowest BCUT2D eigenvalue weighted by molar-refractivity contribution is -0.122. The molecule has 0 saturated heterocycles. The SMILES string of the molecule is CC1(CC(=O)NC2=CCN(C(C)(C)C#N)C=C2)CCCCC1. The summed E-state index contributed by atoms with van der Waals surface area (Å²) in [6, 6.07) is 2.28. The molecule has 1 aliphatic carbocycles. The van der Waals surface area contributed by atoms with Gasteiger partial charge in [0.25, 0.3) is 0 Å². The third-order valence-corrected chi connectivity index (χ3v) is 4.87. The Morgan fingerprint density at radius 1 is 1.41 bits per heavy atom. The minimum absolute atomic E-state index is 0.105. The Bertz CT molecular complexity index is 519. The molecule has 1 fully saturated rings. The standard InChI is InChI=1S/C18H27N3O/c1-17(2,14-19)21-11-7-15(8-12-21)20-16(22)13-18(3)9-5-4-6-10-18/h7-8,11H,4-6,9-10,12-13H2,1-3H3,(H,20,22). The lowest BCUT2D eigenvalue weighted by Gasteiger charge is -2.34. The van der Waals surface area contributed by atoms with Gasteiger partial charge in [-0.05, 0) is 44.3 Å². The van der Waals surface area contributed by atoms with E-state index >= 15 is 0 Å². The average Bonchev–Trinajstić information content (AvgIpc) is 2.48. The lowest BCUT2D eigenvalue weighted by atomic mass is 9.73. The highest BCUT2D eigenvalue weighted by Crippen LogP contribution is 2.38. The number of nitriles is 1. The summed E-state index contributed by atoms with van der Waals surface area (Å²) in [6.07, 6.45) is 12.4. The number of hydrogen-bond donors (Lipinski definition) is 1. The van der Waals surface area contributed by atoms with Crippen LogP contribution in [0.25, 0.3) is 0 Å². The van der Waals surface area contributed by atoms with Crippen LogP contribution in [0.4, 0.5) is 0 Å². The Hall–Kier alpha value is -1.76. The van der Waals surface area contributed by atoms with Gasteiger partial charge in [-0.1, -0.05) is 26.2 Å². The van der Waals surface area contributed by atoms with Crippen LogP contribution in [0.15, 0.2) is 24.0 Å². The number of hydrogen-bond acceptors (Lipinski definition) is 3. The van der Waals surface area contributed by atoms with E-state index in [2.05, 4.69) is 18.3 Å². The van der Waals surface area contributed by atoms with E-state index in [1.807, 2.05) is 37.1 Å². The fourth-order valence-electron chi connectivity index (χ4n) is 3.24. The first-order chi connectivity index (χ1) is 10.3. The van der Waals surface area contributed by atoms with Crippen LogP contribution in [-0.2, 0) is 4.79 Å². The molecule has 1 saturated carbocycles. The molecule has 1 N–H and O–H groups in total. The number of allylic oxidation sites excluding steroid dienone is 1. The average molecular weight is 301 g/mol. The molecule has 4 nitrogen and oxygen atoms in total. The molecule has 0 aromatic heterocycles. The summed E-state index contributed by atoms with van der Waals surface area (Å²) in [6.45, 7) is 6.65. The van der Waals surface area contributed by atoms with E-state index in [4.69, 9.17) is 5.26 Å². The third-order valence-electron chi connectivity index (χ3n) is 4.87. The summed E-state index contributed by atoms with van der Waals surface area (Å²) < 4.78 is 0. The summed E-state index contributed by atoms with van der Waals surface area (Å²) >= 11 is 0. The molecule has 120 valence electrons. The Morgan fingerprint density at radius 2 is 2.09 bits per heavy atom. The fourth-order valence-corrected chi connectivity index (χ4v) is 3.24. The summed E-state index contributed by atoms with van der Waals surface area (Å²) in [4.78, 5) is 14.2. The van der Waals surface area contributed by atoms with Crippen molar-refractivity contribution in [1.82, 2.24) is 10.2 Å². The van der Waals surface area contributed by atoms with E-state index in [0.717, 1.165) is 18.5 Å². The van der Waals surface area contributed by atoms with Gasteiger partial charge in [0.1, 0.15) is 5.54 Å². The topological polar surface area (TPSA) is 56.1 Å². The van der Waals surface area contributed by atoms with Gasteiger partial charge in [-0.25, -0.2) is 0 Å². The predicted octanol–water partition coefficient (Wildman–Crippen LogP) is 3.48. The van der Waals surface area contributed by atoms with Crippen LogP contribution in [-0.4, -0.2) is 22.9 Å². The summed E-state index contributed by atoms with van der Waals surface area (Å²) in [5, 5.41) is 12.2. The van der Waals surface area contributed by atoms with Crippen LogP contribution in [0.1, 0.15) is 59.3 Å². The van der Waals surface area contributed by atoms with Gasteiger partial charge in [-0.2, -0.15) is 5.26 Å². The van der Waals surface area contributed by atoms with Crippen molar-refractivity contribution >= 4 is 5.91 Å². The van der Waals surface area contributed by atoms with Crippen LogP contribution in [0.2, 0.25) is 0 Å². The maximum absolute atomic E-state index is 12.3. The Balaban J connectivity index is 1.86. The lowest BCUT2D eigenvalue weighted by Crippen LogP contribution is -2.41. The molecule has 0 aromatic rings. The van der Waals surface area contributed by atoms with Crippen molar-refractivity contribution in [2.75, 3.05) is 6.54 Å². The first kappa shape index (κ1) is 16.6. The molecule has 2 aliphatic rings. The van der Waals surface area contributed by atoms with Crippen molar-refractivity contribution in [3.63, 3.8) is 0 Å². The Labute approximate surface area is 133 Å². The van der Waals surface area contributed by atoms with Crippen LogP contribution in [0.3, 0.4) is 0 Å². The van der Waals surface area contributed by atoms with Gasteiger partial charge in [-0.15, -0.1) is 0 Å². The maximum Gasteiger partial charge on any atom is 0.224 e. The number of nitrogens with zero attached hydrogens (tertiary/aromatic N) is 2. The zero-order chi connectivity index (χ0) is 16.2. The highest BCUT2D eigenvalue weighted by atomic mass is 16.1. The highest BCUT2D eigenvalue weighted by Gasteiger charge is 2.30. The first-order valence-corrected chi connectivity index (χ1v) is 8.21. The van der Waals surface area contributed by atoms with Crippen molar-refractivity contribution in [3.05, 3.63) is 24.0 Å². The number of carbonyl (C=O) groups is 1. The minimum atomic E-state index is -0.530. The molecule has 1 amide bonds. The zero-order valence-electron chi connectivity index (χ0n) is 14.0. The molecule has 2 rings (SSSR count). The number of carbonyl (C=O) groups excluding carboxylic acids is 1.